The molecular weight excluding hydrogens is 479 g/mol. The van der Waals surface area contributed by atoms with E-state index >= 15 is 0 Å². The van der Waals surface area contributed by atoms with Gasteiger partial charge in [0.05, 0.1) is 23.8 Å². The Balaban J connectivity index is 1.63. The van der Waals surface area contributed by atoms with E-state index in [-0.39, 0.29) is 29.5 Å². The second kappa shape index (κ2) is 9.11. The molecule has 2 fully saturated rings. The lowest BCUT2D eigenvalue weighted by Gasteiger charge is -2.39. The Morgan fingerprint density at radius 2 is 1.57 bits per heavy atom. The van der Waals surface area contributed by atoms with E-state index in [1.165, 1.54) is 12.1 Å². The average molecular weight is 503 g/mol. The van der Waals surface area contributed by atoms with Gasteiger partial charge in [-0.15, -0.1) is 0 Å². The van der Waals surface area contributed by atoms with Crippen LogP contribution in [0.3, 0.4) is 0 Å². The molecule has 1 saturated heterocycles. The summed E-state index contributed by atoms with van der Waals surface area (Å²) in [6.45, 7) is 1.52. The van der Waals surface area contributed by atoms with Gasteiger partial charge in [0.1, 0.15) is 5.82 Å². The number of alkyl halides is 6. The highest BCUT2D eigenvalue weighted by Gasteiger charge is 2.52. The quantitative estimate of drug-likeness (QED) is 0.467. The summed E-state index contributed by atoms with van der Waals surface area (Å²) in [5, 5.41) is 2.97. The van der Waals surface area contributed by atoms with Gasteiger partial charge in [-0.05, 0) is 66.1 Å². The largest absolute Gasteiger partial charge is 0.416 e. The summed E-state index contributed by atoms with van der Waals surface area (Å²) in [6.07, 6.45) is -8.38. The Kier molecular flexibility index (Phi) is 6.63. The minimum atomic E-state index is -4.95. The smallest absolute Gasteiger partial charge is 0.373 e. The number of halogens is 7. The standard InChI is InChI=1S/C25H24F7NO2/c1-23(20-6-7-21(34)33-20)9-8-19(22(23)15-2-4-18(26)5-3-15)35-13-14-10-16(24(27,28)29)12-17(11-14)25(30,31)32/h2-5,10-12,19-20,22H,6-9,13H2,1H3,(H,33,34)/t19-,20-,22+,23-/m0/s1. The second-order valence-electron chi connectivity index (χ2n) is 9.50. The molecule has 3 nitrogen and oxygen atoms in total. The van der Waals surface area contributed by atoms with Gasteiger partial charge in [-0.3, -0.25) is 4.79 Å². The number of rotatable bonds is 5. The number of ether oxygens (including phenoxy) is 1. The summed E-state index contributed by atoms with van der Waals surface area (Å²) in [4.78, 5) is 11.9. The lowest BCUT2D eigenvalue weighted by Crippen LogP contribution is -2.44. The maximum absolute atomic E-state index is 13.6. The van der Waals surface area contributed by atoms with Crippen LogP contribution in [0.2, 0.25) is 0 Å². The minimum absolute atomic E-state index is 0.0814. The summed E-state index contributed by atoms with van der Waals surface area (Å²) in [6, 6.07) is 7.01. The molecule has 0 radical (unpaired) electrons. The first-order valence-electron chi connectivity index (χ1n) is 11.2. The van der Waals surface area contributed by atoms with Gasteiger partial charge < -0.3 is 10.1 Å². The molecular formula is C25H24F7NO2. The number of hydrogen-bond acceptors (Lipinski definition) is 2. The summed E-state index contributed by atoms with van der Waals surface area (Å²) in [5.41, 5.74) is -2.79. The van der Waals surface area contributed by atoms with Crippen LogP contribution < -0.4 is 5.32 Å². The maximum Gasteiger partial charge on any atom is 0.416 e. The Morgan fingerprint density at radius 1 is 0.971 bits per heavy atom. The predicted molar refractivity (Wildman–Crippen MR) is 113 cm³/mol. The van der Waals surface area contributed by atoms with Gasteiger partial charge in [0.2, 0.25) is 5.91 Å². The molecule has 0 bridgehead atoms. The van der Waals surface area contributed by atoms with Crippen molar-refractivity contribution in [3.05, 3.63) is 70.5 Å². The molecule has 10 heteroatoms. The summed E-state index contributed by atoms with van der Waals surface area (Å²) in [7, 11) is 0. The zero-order chi connectivity index (χ0) is 25.6. The van der Waals surface area contributed by atoms with Crippen molar-refractivity contribution in [3.8, 4) is 0 Å². The van der Waals surface area contributed by atoms with Crippen molar-refractivity contribution in [1.82, 2.24) is 5.32 Å². The Labute approximate surface area is 197 Å². The summed E-state index contributed by atoms with van der Waals surface area (Å²) >= 11 is 0. The fourth-order valence-electron chi connectivity index (χ4n) is 5.45. The highest BCUT2D eigenvalue weighted by molar-refractivity contribution is 5.78. The highest BCUT2D eigenvalue weighted by Crippen LogP contribution is 2.54. The Bertz CT molecular complexity index is 1050. The van der Waals surface area contributed by atoms with Crippen molar-refractivity contribution in [1.29, 1.82) is 0 Å². The molecule has 0 aromatic heterocycles. The topological polar surface area (TPSA) is 38.3 Å². The third kappa shape index (κ3) is 5.32. The first-order chi connectivity index (χ1) is 16.3. The lowest BCUT2D eigenvalue weighted by atomic mass is 9.69. The molecule has 2 aromatic carbocycles. The van der Waals surface area contributed by atoms with Gasteiger partial charge in [-0.1, -0.05) is 19.1 Å². The number of nitrogens with one attached hydrogen (secondary N) is 1. The molecule has 4 atom stereocenters. The van der Waals surface area contributed by atoms with Crippen LogP contribution in [0.4, 0.5) is 30.7 Å². The van der Waals surface area contributed by atoms with E-state index in [1.54, 1.807) is 12.1 Å². The van der Waals surface area contributed by atoms with Crippen molar-refractivity contribution in [2.45, 2.75) is 69.6 Å². The van der Waals surface area contributed by atoms with E-state index in [0.29, 0.717) is 37.8 Å². The third-order valence-electron chi connectivity index (χ3n) is 7.18. The van der Waals surface area contributed by atoms with E-state index in [4.69, 9.17) is 4.74 Å². The van der Waals surface area contributed by atoms with Gasteiger partial charge >= 0.3 is 12.4 Å². The van der Waals surface area contributed by atoms with Gasteiger partial charge in [0.25, 0.3) is 0 Å². The highest BCUT2D eigenvalue weighted by atomic mass is 19.4. The summed E-state index contributed by atoms with van der Waals surface area (Å²) < 4.78 is 98.9. The normalized spacial score (nSPS) is 27.3. The number of amides is 1. The zero-order valence-electron chi connectivity index (χ0n) is 18.8. The predicted octanol–water partition coefficient (Wildman–Crippen LogP) is 6.61. The number of carbonyl (C=O) groups is 1. The molecule has 0 spiro atoms. The van der Waals surface area contributed by atoms with E-state index < -0.39 is 47.4 Å². The van der Waals surface area contributed by atoms with Gasteiger partial charge in [0, 0.05) is 18.4 Å². The number of carbonyl (C=O) groups excluding carboxylic acids is 1. The van der Waals surface area contributed by atoms with E-state index in [2.05, 4.69) is 5.32 Å². The lowest BCUT2D eigenvalue weighted by molar-refractivity contribution is -0.143. The molecule has 4 rings (SSSR count). The van der Waals surface area contributed by atoms with Crippen LogP contribution in [0.25, 0.3) is 0 Å². The average Bonchev–Trinajstić information content (AvgIpc) is 3.36. The van der Waals surface area contributed by atoms with E-state index in [0.717, 1.165) is 5.56 Å². The van der Waals surface area contributed by atoms with Crippen LogP contribution in [-0.4, -0.2) is 18.1 Å². The van der Waals surface area contributed by atoms with E-state index in [1.807, 2.05) is 6.92 Å². The monoisotopic (exact) mass is 503 g/mol. The number of benzene rings is 2. The Morgan fingerprint density at radius 3 is 2.09 bits per heavy atom. The zero-order valence-corrected chi connectivity index (χ0v) is 18.8. The first kappa shape index (κ1) is 25.5. The maximum atomic E-state index is 13.6. The SMILES string of the molecule is C[C@@]1([C@@H]2CCC(=O)N2)CC[C@H](OCc2cc(C(F)(F)F)cc(C(F)(F)F)c2)[C@H]1c1ccc(F)cc1. The van der Waals surface area contributed by atoms with Gasteiger partial charge in [-0.25, -0.2) is 4.39 Å². The van der Waals surface area contributed by atoms with Gasteiger partial charge in [0.15, 0.2) is 0 Å². The molecule has 1 amide bonds. The molecule has 2 aliphatic rings. The minimum Gasteiger partial charge on any atom is -0.373 e. The number of hydrogen-bond donors (Lipinski definition) is 1. The van der Waals surface area contributed by atoms with Crippen LogP contribution in [0.15, 0.2) is 42.5 Å². The van der Waals surface area contributed by atoms with E-state index in [9.17, 15) is 35.5 Å². The fourth-order valence-corrected chi connectivity index (χ4v) is 5.45. The molecule has 1 N–H and O–H groups in total. The molecule has 0 unspecified atom stereocenters. The molecule has 1 saturated carbocycles. The van der Waals surface area contributed by atoms with Crippen LogP contribution in [0.5, 0.6) is 0 Å². The van der Waals surface area contributed by atoms with Crippen molar-refractivity contribution in [2.24, 2.45) is 5.41 Å². The third-order valence-corrected chi connectivity index (χ3v) is 7.18. The second-order valence-corrected chi connectivity index (χ2v) is 9.50. The molecule has 2 aromatic rings. The van der Waals surface area contributed by atoms with Crippen LogP contribution in [-0.2, 0) is 28.5 Å². The van der Waals surface area contributed by atoms with Crippen molar-refractivity contribution in [2.75, 3.05) is 0 Å². The summed E-state index contributed by atoms with van der Waals surface area (Å²) in [5.74, 6) is -0.870. The van der Waals surface area contributed by atoms with Crippen molar-refractivity contribution < 1.29 is 40.3 Å². The van der Waals surface area contributed by atoms with Crippen LogP contribution in [0, 0.1) is 11.2 Å². The fraction of sp³-hybridized carbons (Fsp3) is 0.480. The van der Waals surface area contributed by atoms with Crippen molar-refractivity contribution in [3.63, 3.8) is 0 Å². The molecule has 1 aliphatic carbocycles. The van der Waals surface area contributed by atoms with Crippen LogP contribution in [0.1, 0.15) is 60.8 Å². The molecule has 35 heavy (non-hydrogen) atoms. The first-order valence-corrected chi connectivity index (χ1v) is 11.2. The van der Waals surface area contributed by atoms with Crippen molar-refractivity contribution >= 4 is 5.91 Å². The Hall–Kier alpha value is -2.62. The van der Waals surface area contributed by atoms with Crippen LogP contribution >= 0.6 is 0 Å². The molecule has 190 valence electrons. The molecule has 1 heterocycles. The molecule has 1 aliphatic heterocycles. The van der Waals surface area contributed by atoms with Gasteiger partial charge in [-0.2, -0.15) is 26.3 Å².